The maximum absolute atomic E-state index is 13.7. The molecule has 0 amide bonds. The summed E-state index contributed by atoms with van der Waals surface area (Å²) in [5.41, 5.74) is 1.32. The van der Waals surface area contributed by atoms with Gasteiger partial charge in [-0.15, -0.1) is 0 Å². The topological polar surface area (TPSA) is 26.3 Å². The molecule has 0 aliphatic heterocycles. The second-order valence-electron chi connectivity index (χ2n) is 3.70. The first-order valence-corrected chi connectivity index (χ1v) is 5.79. The molecule has 0 radical (unpaired) electrons. The molecule has 0 N–H and O–H groups in total. The smallest absolute Gasteiger partial charge is 0.130 e. The van der Waals surface area contributed by atoms with Crippen LogP contribution in [-0.2, 0) is 16.1 Å². The van der Waals surface area contributed by atoms with Crippen molar-refractivity contribution in [2.24, 2.45) is 0 Å². The zero-order chi connectivity index (χ0) is 12.1. The predicted octanol–water partition coefficient (Wildman–Crippen LogP) is 3.43. The van der Waals surface area contributed by atoms with Crippen LogP contribution in [0.4, 0.5) is 4.39 Å². The molecule has 1 atom stereocenters. The van der Waals surface area contributed by atoms with E-state index >= 15 is 0 Å². The zero-order valence-electron chi connectivity index (χ0n) is 9.30. The van der Waals surface area contributed by atoms with Crippen LogP contribution < -0.4 is 0 Å². The zero-order valence-corrected chi connectivity index (χ0v) is 10.9. The monoisotopic (exact) mass is 288 g/mol. The van der Waals surface area contributed by atoms with Crippen molar-refractivity contribution in [2.45, 2.75) is 25.9 Å². The Bertz CT molecular complexity index is 356. The molecule has 1 rings (SSSR count). The van der Waals surface area contributed by atoms with Crippen LogP contribution in [-0.4, -0.2) is 13.4 Å². The van der Waals surface area contributed by atoms with Crippen LogP contribution in [0.1, 0.15) is 30.4 Å². The highest BCUT2D eigenvalue weighted by Gasteiger charge is 2.12. The Morgan fingerprint density at radius 2 is 2.25 bits per heavy atom. The van der Waals surface area contributed by atoms with Crippen molar-refractivity contribution >= 4 is 22.2 Å². The summed E-state index contributed by atoms with van der Waals surface area (Å²) in [5, 5.41) is 0. The fourth-order valence-electron chi connectivity index (χ4n) is 1.47. The van der Waals surface area contributed by atoms with Crippen LogP contribution in [0.5, 0.6) is 0 Å². The maximum atomic E-state index is 13.7. The normalized spacial score (nSPS) is 12.5. The average Bonchev–Trinajstić information content (AvgIpc) is 2.23. The van der Waals surface area contributed by atoms with Crippen LogP contribution in [0.2, 0.25) is 0 Å². The van der Waals surface area contributed by atoms with Gasteiger partial charge in [-0.3, -0.25) is 0 Å². The van der Waals surface area contributed by atoms with Crippen LogP contribution in [0, 0.1) is 5.82 Å². The molecule has 88 valence electrons. The minimum atomic E-state index is -0.302. The number of hydrogen-bond acceptors (Lipinski definition) is 2. The van der Waals surface area contributed by atoms with Crippen LogP contribution in [0.15, 0.2) is 16.6 Å². The van der Waals surface area contributed by atoms with E-state index in [4.69, 9.17) is 4.74 Å². The highest BCUT2D eigenvalue weighted by Crippen LogP contribution is 2.27. The summed E-state index contributed by atoms with van der Waals surface area (Å²) in [6.45, 7) is 2.13. The third-order valence-corrected chi connectivity index (χ3v) is 3.18. The van der Waals surface area contributed by atoms with Crippen molar-refractivity contribution in [1.82, 2.24) is 0 Å². The van der Waals surface area contributed by atoms with E-state index in [0.717, 1.165) is 11.8 Å². The van der Waals surface area contributed by atoms with E-state index in [2.05, 4.69) is 15.9 Å². The lowest BCUT2D eigenvalue weighted by Crippen LogP contribution is -2.00. The molecule has 4 heteroatoms. The molecule has 16 heavy (non-hydrogen) atoms. The Labute approximate surface area is 103 Å². The van der Waals surface area contributed by atoms with Gasteiger partial charge in [-0.05, 0) is 23.6 Å². The largest absolute Gasteiger partial charge is 0.380 e. The quantitative estimate of drug-likeness (QED) is 0.776. The number of ether oxygens (including phenoxy) is 1. The Morgan fingerprint density at radius 1 is 1.56 bits per heavy atom. The third-order valence-electron chi connectivity index (χ3n) is 2.47. The Hall–Kier alpha value is -0.740. The summed E-state index contributed by atoms with van der Waals surface area (Å²) in [7, 11) is 1.52. The van der Waals surface area contributed by atoms with Gasteiger partial charge in [-0.2, -0.15) is 0 Å². The third kappa shape index (κ3) is 3.12. The van der Waals surface area contributed by atoms with Crippen LogP contribution in [0.25, 0.3) is 0 Å². The molecule has 1 unspecified atom stereocenters. The lowest BCUT2D eigenvalue weighted by Gasteiger charge is -2.12. The van der Waals surface area contributed by atoms with Gasteiger partial charge in [0.1, 0.15) is 12.1 Å². The molecule has 0 spiro atoms. The molecular formula is C12H14BrFO2. The SMILES string of the molecule is COCc1c(F)cc(C(C)CC=O)cc1Br. The lowest BCUT2D eigenvalue weighted by atomic mass is 9.97. The summed E-state index contributed by atoms with van der Waals surface area (Å²) in [4.78, 5) is 10.4. The fraction of sp³-hybridized carbons (Fsp3) is 0.417. The minimum Gasteiger partial charge on any atom is -0.380 e. The van der Waals surface area contributed by atoms with Gasteiger partial charge in [0.05, 0.1) is 6.61 Å². The maximum Gasteiger partial charge on any atom is 0.130 e. The number of carbonyl (C=O) groups is 1. The van der Waals surface area contributed by atoms with Gasteiger partial charge < -0.3 is 9.53 Å². The van der Waals surface area contributed by atoms with Gasteiger partial charge >= 0.3 is 0 Å². The number of hydrogen-bond donors (Lipinski definition) is 0. The first kappa shape index (κ1) is 13.3. The van der Waals surface area contributed by atoms with Gasteiger partial charge in [0.2, 0.25) is 0 Å². The lowest BCUT2D eigenvalue weighted by molar-refractivity contribution is -0.108. The summed E-state index contributed by atoms with van der Waals surface area (Å²) < 4.78 is 19.3. The van der Waals surface area contributed by atoms with E-state index < -0.39 is 0 Å². The molecule has 0 heterocycles. The molecule has 0 saturated carbocycles. The summed E-state index contributed by atoms with van der Waals surface area (Å²) in [6.07, 6.45) is 1.25. The molecule has 1 aromatic rings. The average molecular weight is 289 g/mol. The van der Waals surface area contributed by atoms with Gasteiger partial charge in [-0.1, -0.05) is 22.9 Å². The minimum absolute atomic E-state index is 0.0277. The Balaban J connectivity index is 3.03. The fourth-order valence-corrected chi connectivity index (χ4v) is 2.04. The molecule has 1 aromatic carbocycles. The molecule has 0 saturated heterocycles. The number of halogens is 2. The van der Waals surface area contributed by atoms with Crippen LogP contribution in [0.3, 0.4) is 0 Å². The summed E-state index contributed by atoms with van der Waals surface area (Å²) >= 11 is 3.31. The van der Waals surface area contributed by atoms with Crippen LogP contribution >= 0.6 is 15.9 Å². The van der Waals surface area contributed by atoms with Crippen molar-refractivity contribution in [2.75, 3.05) is 7.11 Å². The standard InChI is InChI=1S/C12H14BrFO2/c1-8(3-4-15)9-5-11(13)10(7-16-2)12(14)6-9/h4-6,8H,3,7H2,1-2H3. The number of aldehydes is 1. The number of methoxy groups -OCH3 is 1. The highest BCUT2D eigenvalue weighted by molar-refractivity contribution is 9.10. The molecule has 0 fully saturated rings. The molecular weight excluding hydrogens is 275 g/mol. The second kappa shape index (κ2) is 6.11. The van der Waals surface area contributed by atoms with E-state index in [0.29, 0.717) is 16.5 Å². The van der Waals surface area contributed by atoms with Gasteiger partial charge in [0.25, 0.3) is 0 Å². The number of carbonyl (C=O) groups excluding carboxylic acids is 1. The van der Waals surface area contributed by atoms with Crippen molar-refractivity contribution < 1.29 is 13.9 Å². The first-order valence-electron chi connectivity index (χ1n) is 5.00. The predicted molar refractivity (Wildman–Crippen MR) is 63.9 cm³/mol. The summed E-state index contributed by atoms with van der Waals surface area (Å²) in [5.74, 6) is -0.274. The van der Waals surface area contributed by atoms with Gasteiger partial charge in [0, 0.05) is 23.6 Å². The van der Waals surface area contributed by atoms with E-state index in [1.54, 1.807) is 0 Å². The first-order chi connectivity index (χ1) is 7.60. The van der Waals surface area contributed by atoms with Crippen molar-refractivity contribution in [1.29, 1.82) is 0 Å². The molecule has 2 nitrogen and oxygen atoms in total. The Morgan fingerprint density at radius 3 is 2.75 bits per heavy atom. The van der Waals surface area contributed by atoms with Gasteiger partial charge in [-0.25, -0.2) is 4.39 Å². The highest BCUT2D eigenvalue weighted by atomic mass is 79.9. The molecule has 0 aromatic heterocycles. The molecule has 0 aliphatic rings. The van der Waals surface area contributed by atoms with E-state index in [1.807, 2.05) is 13.0 Å². The van der Waals surface area contributed by atoms with E-state index in [1.165, 1.54) is 13.2 Å². The van der Waals surface area contributed by atoms with Crippen molar-refractivity contribution in [3.8, 4) is 0 Å². The number of benzene rings is 1. The van der Waals surface area contributed by atoms with Crippen molar-refractivity contribution in [3.63, 3.8) is 0 Å². The summed E-state index contributed by atoms with van der Waals surface area (Å²) in [6, 6.07) is 3.30. The van der Waals surface area contributed by atoms with Gasteiger partial charge in [0.15, 0.2) is 0 Å². The molecule has 0 aliphatic carbocycles. The Kier molecular flexibility index (Phi) is 5.09. The number of rotatable bonds is 5. The van der Waals surface area contributed by atoms with E-state index in [-0.39, 0.29) is 18.3 Å². The van der Waals surface area contributed by atoms with Crippen molar-refractivity contribution in [3.05, 3.63) is 33.5 Å². The van der Waals surface area contributed by atoms with E-state index in [9.17, 15) is 9.18 Å². The molecule has 0 bridgehead atoms. The second-order valence-corrected chi connectivity index (χ2v) is 4.55.